The zero-order chi connectivity index (χ0) is 30.2. The van der Waals surface area contributed by atoms with E-state index in [0.29, 0.717) is 11.5 Å². The molecule has 0 spiro atoms. The Bertz CT molecular complexity index is 1990. The van der Waals surface area contributed by atoms with Crippen LogP contribution < -0.4 is 13.9 Å². The molecule has 5 heteroatoms. The zero-order valence-corrected chi connectivity index (χ0v) is 26.1. The van der Waals surface area contributed by atoms with Gasteiger partial charge in [0.25, 0.3) is 0 Å². The van der Waals surface area contributed by atoms with Gasteiger partial charge >= 0.3 is 7.82 Å². The molecule has 0 bridgehead atoms. The van der Waals surface area contributed by atoms with Gasteiger partial charge in [-0.15, -0.1) is 0 Å². The van der Waals surface area contributed by atoms with E-state index in [1.165, 1.54) is 0 Å². The average molecular weight is 584 g/mol. The lowest BCUT2D eigenvalue weighted by Gasteiger charge is -2.25. The van der Waals surface area contributed by atoms with E-state index in [9.17, 15) is 9.46 Å². The summed E-state index contributed by atoms with van der Waals surface area (Å²) in [5, 5.41) is 3.78. The molecule has 0 fully saturated rings. The number of fused-ring (bicyclic) bond motifs is 7. The van der Waals surface area contributed by atoms with Gasteiger partial charge in [0.05, 0.1) is 0 Å². The van der Waals surface area contributed by atoms with Crippen LogP contribution in [0.15, 0.2) is 84.9 Å². The molecule has 0 unspecified atom stereocenters. The van der Waals surface area contributed by atoms with Crippen LogP contribution in [0.2, 0.25) is 0 Å². The first-order valence-electron chi connectivity index (χ1n) is 14.5. The highest BCUT2D eigenvalue weighted by Gasteiger charge is 2.33. The highest BCUT2D eigenvalue weighted by molar-refractivity contribution is 7.46. The minimum absolute atomic E-state index is 0.297. The highest BCUT2D eigenvalue weighted by Crippen LogP contribution is 2.61. The van der Waals surface area contributed by atoms with Crippen LogP contribution in [0.4, 0.5) is 0 Å². The summed E-state index contributed by atoms with van der Waals surface area (Å²) in [6, 6.07) is 28.8. The first-order chi connectivity index (χ1) is 20.5. The van der Waals surface area contributed by atoms with Crippen LogP contribution in [0.25, 0.3) is 54.9 Å². The number of hydrogen-bond acceptors (Lipinski definition) is 4. The van der Waals surface area contributed by atoms with Crippen molar-refractivity contribution in [3.63, 3.8) is 0 Å². The normalized spacial score (nSPS) is 13.7. The second-order valence-corrected chi connectivity index (χ2v) is 13.1. The molecule has 6 aromatic rings. The van der Waals surface area contributed by atoms with Gasteiger partial charge in [-0.05, 0) is 109 Å². The van der Waals surface area contributed by atoms with Gasteiger partial charge in [0.15, 0.2) is 0 Å². The summed E-state index contributed by atoms with van der Waals surface area (Å²) in [4.78, 5) is 13.9. The van der Waals surface area contributed by atoms with Crippen LogP contribution >= 0.6 is 7.82 Å². The van der Waals surface area contributed by atoms with Crippen molar-refractivity contribution in [1.82, 2.24) is 0 Å². The van der Waals surface area contributed by atoms with E-state index in [-0.39, 0.29) is 0 Å². The fourth-order valence-electron chi connectivity index (χ4n) is 7.17. The zero-order valence-electron chi connectivity index (χ0n) is 25.2. The maximum Gasteiger partial charge on any atom is 0.372 e. The van der Waals surface area contributed by atoms with E-state index in [2.05, 4.69) is 77.9 Å². The summed E-state index contributed by atoms with van der Waals surface area (Å²) in [6.45, 7) is 12.4. The fraction of sp³-hybridized carbons (Fsp3) is 0.158. The number of aryl methyl sites for hydroxylation is 6. The molecule has 0 N–H and O–H groups in total. The number of hydrogen-bond donors (Lipinski definition) is 0. The number of phosphoric ester groups is 1. The molecule has 0 radical (unpaired) electrons. The molecule has 4 nitrogen and oxygen atoms in total. The predicted molar refractivity (Wildman–Crippen MR) is 175 cm³/mol. The Morgan fingerprint density at radius 1 is 0.512 bits per heavy atom. The van der Waals surface area contributed by atoms with E-state index >= 15 is 0 Å². The average Bonchev–Trinajstić information content (AvgIpc) is 3.05. The molecule has 0 aliphatic carbocycles. The third kappa shape index (κ3) is 4.45. The van der Waals surface area contributed by atoms with Gasteiger partial charge in [-0.2, -0.15) is 0 Å². The standard InChI is InChI=1S/C38H33O4P/c1-21-15-23(3)33(24(4)16-21)31-19-27-11-7-9-13-29(27)35-36-30-14-10-8-12-28(30)20-32(34-25(5)17-22(2)18-26(34)6)38(36)42-43(39,40)41-37(31)35/h7-20H,1-6H3,(H,39,40)/p-1. The quantitative estimate of drug-likeness (QED) is 0.190. The van der Waals surface area contributed by atoms with Gasteiger partial charge in [0.2, 0.25) is 0 Å². The summed E-state index contributed by atoms with van der Waals surface area (Å²) in [7, 11) is -4.87. The molecular formula is C38H32O4P-. The maximum atomic E-state index is 13.9. The fourth-order valence-corrected chi connectivity index (χ4v) is 8.03. The van der Waals surface area contributed by atoms with Crippen molar-refractivity contribution in [2.75, 3.05) is 0 Å². The van der Waals surface area contributed by atoms with Gasteiger partial charge in [0.1, 0.15) is 11.5 Å². The van der Waals surface area contributed by atoms with Gasteiger partial charge < -0.3 is 13.9 Å². The number of rotatable bonds is 2. The van der Waals surface area contributed by atoms with Gasteiger partial charge in [-0.3, -0.25) is 0 Å². The third-order valence-corrected chi connectivity index (χ3v) is 9.36. The molecule has 0 saturated carbocycles. The maximum absolute atomic E-state index is 13.9. The second-order valence-electron chi connectivity index (χ2n) is 11.9. The van der Waals surface area contributed by atoms with E-state index in [4.69, 9.17) is 9.05 Å². The minimum atomic E-state index is -4.87. The molecule has 0 aromatic heterocycles. The Labute approximate surface area is 252 Å². The lowest BCUT2D eigenvalue weighted by atomic mass is 9.84. The molecule has 7 rings (SSSR count). The van der Waals surface area contributed by atoms with E-state index < -0.39 is 7.82 Å². The number of benzene rings is 6. The van der Waals surface area contributed by atoms with E-state index in [1.807, 2.05) is 48.5 Å². The smallest absolute Gasteiger partial charge is 0.372 e. The Hall–Kier alpha value is -4.37. The van der Waals surface area contributed by atoms with Crippen LogP contribution in [-0.4, -0.2) is 0 Å². The van der Waals surface area contributed by atoms with Crippen molar-refractivity contribution in [1.29, 1.82) is 0 Å². The molecule has 6 aromatic carbocycles. The van der Waals surface area contributed by atoms with Crippen molar-refractivity contribution in [3.8, 4) is 44.9 Å². The Morgan fingerprint density at radius 3 is 1.23 bits per heavy atom. The second kappa shape index (κ2) is 9.84. The molecule has 43 heavy (non-hydrogen) atoms. The number of phosphoric acid groups is 1. The molecule has 0 saturated heterocycles. The Morgan fingerprint density at radius 2 is 0.860 bits per heavy atom. The lowest BCUT2D eigenvalue weighted by Crippen LogP contribution is -2.13. The van der Waals surface area contributed by atoms with E-state index in [0.717, 1.165) is 88.3 Å². The van der Waals surface area contributed by atoms with Crippen LogP contribution in [0.5, 0.6) is 11.5 Å². The SMILES string of the molecule is Cc1cc(C)c(-c2cc3ccccc3c3c2OP(=O)([O-])Oc2c(-c4c(C)cc(C)cc4C)cc4ccccc4c2-3)c(C)c1. The van der Waals surface area contributed by atoms with Gasteiger partial charge in [-0.1, -0.05) is 83.9 Å². The largest absolute Gasteiger partial charge is 0.736 e. The summed E-state index contributed by atoms with van der Waals surface area (Å²) < 4.78 is 26.0. The van der Waals surface area contributed by atoms with Crippen LogP contribution in [-0.2, 0) is 4.57 Å². The molecule has 0 atom stereocenters. The first-order valence-corrected chi connectivity index (χ1v) is 16.0. The summed E-state index contributed by atoms with van der Waals surface area (Å²) >= 11 is 0. The third-order valence-electron chi connectivity index (χ3n) is 8.55. The van der Waals surface area contributed by atoms with Crippen molar-refractivity contribution in [2.24, 2.45) is 0 Å². The van der Waals surface area contributed by atoms with Gasteiger partial charge in [0, 0.05) is 22.3 Å². The molecule has 0 amide bonds. The molecule has 214 valence electrons. The van der Waals surface area contributed by atoms with Crippen LogP contribution in [0.1, 0.15) is 33.4 Å². The van der Waals surface area contributed by atoms with Crippen LogP contribution in [0, 0.1) is 41.5 Å². The van der Waals surface area contributed by atoms with Crippen molar-refractivity contribution in [2.45, 2.75) is 41.5 Å². The summed E-state index contributed by atoms with van der Waals surface area (Å²) in [6.07, 6.45) is 0. The van der Waals surface area contributed by atoms with Crippen LogP contribution in [0.3, 0.4) is 0 Å². The Balaban J connectivity index is 1.73. The first kappa shape index (κ1) is 27.5. The summed E-state index contributed by atoms with van der Waals surface area (Å²) in [5.74, 6) is 0.593. The molecular weight excluding hydrogens is 551 g/mol. The minimum Gasteiger partial charge on any atom is -0.736 e. The summed E-state index contributed by atoms with van der Waals surface area (Å²) in [5.41, 5.74) is 11.3. The topological polar surface area (TPSA) is 58.6 Å². The predicted octanol–water partition coefficient (Wildman–Crippen LogP) is 10.1. The lowest BCUT2D eigenvalue weighted by molar-refractivity contribution is -0.208. The van der Waals surface area contributed by atoms with E-state index in [1.54, 1.807) is 0 Å². The van der Waals surface area contributed by atoms with Crippen molar-refractivity contribution in [3.05, 3.63) is 118 Å². The molecule has 1 heterocycles. The Kier molecular flexibility index (Phi) is 6.28. The van der Waals surface area contributed by atoms with Gasteiger partial charge in [-0.25, -0.2) is 4.57 Å². The molecule has 1 aliphatic rings. The highest BCUT2D eigenvalue weighted by atomic mass is 31.2. The van der Waals surface area contributed by atoms with Crippen molar-refractivity contribution >= 4 is 29.4 Å². The molecule has 1 aliphatic heterocycles. The van der Waals surface area contributed by atoms with Crippen molar-refractivity contribution < 1.29 is 18.5 Å². The monoisotopic (exact) mass is 583 g/mol.